The smallest absolute Gasteiger partial charge is 0.208 e. The van der Waals surface area contributed by atoms with Crippen molar-refractivity contribution in [2.24, 2.45) is 0 Å². The molecule has 17 heavy (non-hydrogen) atoms. The third-order valence-corrected chi connectivity index (χ3v) is 4.08. The van der Waals surface area contributed by atoms with Crippen LogP contribution in [-0.2, 0) is 10.0 Å². The summed E-state index contributed by atoms with van der Waals surface area (Å²) in [7, 11) is -3.27. The number of aliphatic hydroxyl groups excluding tert-OH is 1. The highest BCUT2D eigenvalue weighted by atomic mass is 32.2. The first kappa shape index (κ1) is 12.5. The average molecular weight is 271 g/mol. The molecule has 0 aliphatic rings. The van der Waals surface area contributed by atoms with E-state index in [0.717, 1.165) is 21.9 Å². The summed E-state index contributed by atoms with van der Waals surface area (Å²) in [5.41, 5.74) is 0.766. The van der Waals surface area contributed by atoms with Crippen LogP contribution in [0.1, 0.15) is 11.7 Å². The molecule has 2 N–H and O–H groups in total. The predicted octanol–water partition coefficient (Wildman–Crippen LogP) is 1.48. The van der Waals surface area contributed by atoms with Gasteiger partial charge in [0.15, 0.2) is 0 Å². The lowest BCUT2D eigenvalue weighted by Gasteiger charge is -2.10. The van der Waals surface area contributed by atoms with Crippen LogP contribution in [0.4, 0.5) is 0 Å². The number of sulfonamides is 1. The molecule has 0 spiro atoms. The summed E-state index contributed by atoms with van der Waals surface area (Å²) in [6.45, 7) is -0.000436. The van der Waals surface area contributed by atoms with E-state index in [9.17, 15) is 13.5 Å². The minimum absolute atomic E-state index is 0.000436. The Labute approximate surface area is 104 Å². The number of nitrogens with one attached hydrogen (secondary N) is 1. The van der Waals surface area contributed by atoms with Gasteiger partial charge in [0.25, 0.3) is 0 Å². The Morgan fingerprint density at radius 2 is 2.12 bits per heavy atom. The molecule has 2 aromatic rings. The Morgan fingerprint density at radius 1 is 1.41 bits per heavy atom. The highest BCUT2D eigenvalue weighted by molar-refractivity contribution is 7.88. The lowest BCUT2D eigenvalue weighted by molar-refractivity contribution is 0.184. The second-order valence-corrected chi connectivity index (χ2v) is 6.57. The summed E-state index contributed by atoms with van der Waals surface area (Å²) in [4.78, 5) is 0. The number of benzene rings is 1. The van der Waals surface area contributed by atoms with Gasteiger partial charge in [0.2, 0.25) is 10.0 Å². The molecule has 2 rings (SSSR count). The van der Waals surface area contributed by atoms with Crippen molar-refractivity contribution in [2.75, 3.05) is 12.8 Å². The van der Waals surface area contributed by atoms with Gasteiger partial charge >= 0.3 is 0 Å². The zero-order chi connectivity index (χ0) is 12.5. The van der Waals surface area contributed by atoms with Gasteiger partial charge in [-0.1, -0.05) is 18.2 Å². The van der Waals surface area contributed by atoms with E-state index in [-0.39, 0.29) is 6.54 Å². The molecule has 0 unspecified atom stereocenters. The topological polar surface area (TPSA) is 66.4 Å². The number of aliphatic hydroxyl groups is 1. The maximum Gasteiger partial charge on any atom is 0.208 e. The van der Waals surface area contributed by atoms with Gasteiger partial charge in [-0.2, -0.15) is 0 Å². The van der Waals surface area contributed by atoms with Gasteiger partial charge in [-0.25, -0.2) is 13.1 Å². The molecule has 1 atom stereocenters. The van der Waals surface area contributed by atoms with Gasteiger partial charge in [-0.3, -0.25) is 0 Å². The van der Waals surface area contributed by atoms with Crippen LogP contribution >= 0.6 is 11.3 Å². The molecule has 0 saturated heterocycles. The molecule has 6 heteroatoms. The summed E-state index contributed by atoms with van der Waals surface area (Å²) in [6.07, 6.45) is 0.256. The van der Waals surface area contributed by atoms with Crippen LogP contribution in [0.25, 0.3) is 10.1 Å². The van der Waals surface area contributed by atoms with E-state index in [1.54, 1.807) is 0 Å². The number of fused-ring (bicyclic) bond motifs is 1. The largest absolute Gasteiger partial charge is 0.387 e. The molecule has 1 heterocycles. The van der Waals surface area contributed by atoms with Crippen LogP contribution < -0.4 is 4.72 Å². The van der Waals surface area contributed by atoms with Gasteiger partial charge in [0.05, 0.1) is 12.4 Å². The lowest BCUT2D eigenvalue weighted by atomic mass is 10.1. The van der Waals surface area contributed by atoms with Crippen molar-refractivity contribution in [1.29, 1.82) is 0 Å². The second-order valence-electron chi connectivity index (χ2n) is 3.82. The van der Waals surface area contributed by atoms with E-state index in [4.69, 9.17) is 0 Å². The molecule has 0 saturated carbocycles. The van der Waals surface area contributed by atoms with E-state index in [1.165, 1.54) is 11.3 Å². The molecule has 0 radical (unpaired) electrons. The first-order valence-corrected chi connectivity index (χ1v) is 7.83. The van der Waals surface area contributed by atoms with Crippen molar-refractivity contribution in [3.8, 4) is 0 Å². The van der Waals surface area contributed by atoms with Crippen molar-refractivity contribution < 1.29 is 13.5 Å². The normalized spacial score (nSPS) is 14.0. The monoisotopic (exact) mass is 271 g/mol. The van der Waals surface area contributed by atoms with Gasteiger partial charge in [-0.15, -0.1) is 11.3 Å². The van der Waals surface area contributed by atoms with Gasteiger partial charge < -0.3 is 5.11 Å². The molecule has 0 fully saturated rings. The third kappa shape index (κ3) is 3.04. The molecule has 0 aliphatic heterocycles. The highest BCUT2D eigenvalue weighted by Gasteiger charge is 2.14. The highest BCUT2D eigenvalue weighted by Crippen LogP contribution is 2.29. The van der Waals surface area contributed by atoms with Crippen LogP contribution in [0.3, 0.4) is 0 Å². The molecule has 1 aromatic carbocycles. The van der Waals surface area contributed by atoms with Crippen molar-refractivity contribution >= 4 is 31.4 Å². The van der Waals surface area contributed by atoms with E-state index >= 15 is 0 Å². The fourth-order valence-electron chi connectivity index (χ4n) is 1.60. The fraction of sp³-hybridized carbons (Fsp3) is 0.273. The van der Waals surface area contributed by atoms with E-state index in [2.05, 4.69) is 4.72 Å². The van der Waals surface area contributed by atoms with Gasteiger partial charge in [0.1, 0.15) is 0 Å². The van der Waals surface area contributed by atoms with Crippen LogP contribution in [0.5, 0.6) is 0 Å². The summed E-state index contributed by atoms with van der Waals surface area (Å²) in [6, 6.07) is 7.73. The van der Waals surface area contributed by atoms with E-state index < -0.39 is 16.1 Å². The Morgan fingerprint density at radius 3 is 2.82 bits per heavy atom. The van der Waals surface area contributed by atoms with Crippen molar-refractivity contribution in [3.63, 3.8) is 0 Å². The number of thiophene rings is 1. The predicted molar refractivity (Wildman–Crippen MR) is 69.6 cm³/mol. The van der Waals surface area contributed by atoms with Crippen LogP contribution in [0, 0.1) is 0 Å². The van der Waals surface area contributed by atoms with Crippen molar-refractivity contribution in [2.45, 2.75) is 6.10 Å². The molecule has 0 aliphatic carbocycles. The number of hydrogen-bond acceptors (Lipinski definition) is 4. The second kappa shape index (κ2) is 4.73. The molecule has 1 aromatic heterocycles. The standard InChI is InChI=1S/C11H13NO3S2/c1-17(14,15)12-6-10(13)9-7-16-11-5-3-2-4-8(9)11/h2-5,7,10,12-13H,6H2,1H3/t10-/m1/s1. The minimum atomic E-state index is -3.27. The molecule has 0 bridgehead atoms. The van der Waals surface area contributed by atoms with Crippen molar-refractivity contribution in [1.82, 2.24) is 4.72 Å². The Bertz CT molecular complexity index is 618. The summed E-state index contributed by atoms with van der Waals surface area (Å²) >= 11 is 1.54. The first-order valence-electron chi connectivity index (χ1n) is 5.06. The fourth-order valence-corrected chi connectivity index (χ4v) is 3.07. The van der Waals surface area contributed by atoms with Crippen molar-refractivity contribution in [3.05, 3.63) is 35.2 Å². The van der Waals surface area contributed by atoms with Crippen LogP contribution in [-0.4, -0.2) is 26.3 Å². The Hall–Kier alpha value is -0.950. The summed E-state index contributed by atoms with van der Waals surface area (Å²) in [5.74, 6) is 0. The van der Waals surface area contributed by atoms with E-state index in [1.807, 2.05) is 29.6 Å². The SMILES string of the molecule is CS(=O)(=O)NC[C@@H](O)c1csc2ccccc12. The van der Waals surface area contributed by atoms with Crippen LogP contribution in [0.15, 0.2) is 29.6 Å². The summed E-state index contributed by atoms with van der Waals surface area (Å²) < 4.78 is 25.3. The maximum absolute atomic E-state index is 10.9. The first-order chi connectivity index (χ1) is 7.97. The summed E-state index contributed by atoms with van der Waals surface area (Å²) in [5, 5.41) is 12.8. The quantitative estimate of drug-likeness (QED) is 0.885. The Balaban J connectivity index is 2.22. The molecule has 92 valence electrons. The lowest BCUT2D eigenvalue weighted by Crippen LogP contribution is -2.27. The molecule has 4 nitrogen and oxygen atoms in total. The van der Waals surface area contributed by atoms with Gasteiger partial charge in [-0.05, 0) is 16.8 Å². The number of hydrogen-bond donors (Lipinski definition) is 2. The average Bonchev–Trinajstić information content (AvgIpc) is 2.68. The minimum Gasteiger partial charge on any atom is -0.387 e. The molecule has 0 amide bonds. The third-order valence-electron chi connectivity index (χ3n) is 2.41. The van der Waals surface area contributed by atoms with E-state index in [0.29, 0.717) is 0 Å². The zero-order valence-corrected chi connectivity index (χ0v) is 10.9. The maximum atomic E-state index is 10.9. The van der Waals surface area contributed by atoms with Crippen LogP contribution in [0.2, 0.25) is 0 Å². The zero-order valence-electron chi connectivity index (χ0n) is 9.25. The van der Waals surface area contributed by atoms with Gasteiger partial charge in [0, 0.05) is 16.8 Å². The number of rotatable bonds is 4. The molecular weight excluding hydrogens is 258 g/mol. The Kier molecular flexibility index (Phi) is 3.48. The molecular formula is C11H13NO3S2.